The Hall–Kier alpha value is -3.36. The van der Waals surface area contributed by atoms with Crippen molar-refractivity contribution in [3.05, 3.63) is 60.4 Å². The number of halogens is 4. The lowest BCUT2D eigenvalue weighted by atomic mass is 10.1. The minimum Gasteiger partial charge on any atom is -0.423 e. The molecule has 9 heteroatoms. The molecule has 4 rings (SSSR count). The number of fused-ring (bicyclic) bond motifs is 1. The van der Waals surface area contributed by atoms with Crippen molar-refractivity contribution >= 4 is 11.0 Å². The monoisotopic (exact) mass is 360 g/mol. The summed E-state index contributed by atoms with van der Waals surface area (Å²) in [7, 11) is 0. The van der Waals surface area contributed by atoms with Crippen LogP contribution in [0, 0.1) is 5.82 Å². The van der Waals surface area contributed by atoms with E-state index in [4.69, 9.17) is 4.42 Å². The van der Waals surface area contributed by atoms with Crippen LogP contribution in [0.3, 0.4) is 0 Å². The summed E-state index contributed by atoms with van der Waals surface area (Å²) < 4.78 is 58.5. The van der Waals surface area contributed by atoms with E-state index in [1.807, 2.05) is 0 Å². The molecule has 0 atom stereocenters. The van der Waals surface area contributed by atoms with E-state index in [-0.39, 0.29) is 28.2 Å². The van der Waals surface area contributed by atoms with Gasteiger partial charge in [-0.15, -0.1) is 10.2 Å². The second-order valence-electron chi connectivity index (χ2n) is 5.37. The number of hydrogen-bond donors (Lipinski definition) is 0. The van der Waals surface area contributed by atoms with Crippen LogP contribution in [0.1, 0.15) is 5.69 Å². The maximum absolute atomic E-state index is 13.4. The Morgan fingerprint density at radius 3 is 2.23 bits per heavy atom. The lowest BCUT2D eigenvalue weighted by molar-refractivity contribution is -0.140. The van der Waals surface area contributed by atoms with E-state index in [1.54, 1.807) is 0 Å². The third-order valence-corrected chi connectivity index (χ3v) is 3.66. The number of aromatic nitrogens is 4. The van der Waals surface area contributed by atoms with Crippen molar-refractivity contribution in [2.75, 3.05) is 0 Å². The molecule has 5 nitrogen and oxygen atoms in total. The van der Waals surface area contributed by atoms with Crippen LogP contribution in [0.2, 0.25) is 0 Å². The van der Waals surface area contributed by atoms with Gasteiger partial charge in [-0.3, -0.25) is 0 Å². The second-order valence-corrected chi connectivity index (χ2v) is 5.37. The van der Waals surface area contributed by atoms with Gasteiger partial charge in [-0.25, -0.2) is 14.4 Å². The Bertz CT molecular complexity index is 1080. The molecule has 26 heavy (non-hydrogen) atoms. The minimum atomic E-state index is -4.71. The van der Waals surface area contributed by atoms with Gasteiger partial charge in [0, 0.05) is 11.1 Å². The van der Waals surface area contributed by atoms with Crippen LogP contribution < -0.4 is 0 Å². The van der Waals surface area contributed by atoms with Crippen molar-refractivity contribution in [2.24, 2.45) is 0 Å². The molecule has 4 aromatic rings. The fourth-order valence-corrected chi connectivity index (χ4v) is 2.49. The third kappa shape index (κ3) is 2.87. The first kappa shape index (κ1) is 16.1. The lowest BCUT2D eigenvalue weighted by Gasteiger charge is -2.13. The van der Waals surface area contributed by atoms with E-state index < -0.39 is 17.7 Å². The van der Waals surface area contributed by atoms with E-state index in [0.29, 0.717) is 5.56 Å². The van der Waals surface area contributed by atoms with E-state index in [9.17, 15) is 17.6 Å². The van der Waals surface area contributed by atoms with Gasteiger partial charge in [-0.2, -0.15) is 13.2 Å². The SMILES string of the molecule is Fc1ccc(-c2nc3cc(-c4nnco4)ccc3nc2C(F)(F)F)cc1. The first-order valence-electron chi connectivity index (χ1n) is 7.33. The van der Waals surface area contributed by atoms with Crippen LogP contribution in [-0.2, 0) is 6.18 Å². The Kier molecular flexibility index (Phi) is 3.64. The molecule has 0 aliphatic heterocycles. The Morgan fingerprint density at radius 1 is 0.846 bits per heavy atom. The fourth-order valence-electron chi connectivity index (χ4n) is 2.49. The van der Waals surface area contributed by atoms with Crippen LogP contribution in [0.5, 0.6) is 0 Å². The van der Waals surface area contributed by atoms with Gasteiger partial charge in [-0.1, -0.05) is 0 Å². The summed E-state index contributed by atoms with van der Waals surface area (Å²) in [4.78, 5) is 7.84. The first-order chi connectivity index (χ1) is 12.4. The van der Waals surface area contributed by atoms with E-state index in [0.717, 1.165) is 18.5 Å². The van der Waals surface area contributed by atoms with E-state index in [1.165, 1.54) is 30.3 Å². The average Bonchev–Trinajstić information content (AvgIpc) is 3.15. The Morgan fingerprint density at radius 2 is 1.58 bits per heavy atom. The summed E-state index contributed by atoms with van der Waals surface area (Å²) in [5, 5.41) is 7.32. The summed E-state index contributed by atoms with van der Waals surface area (Å²) in [5.41, 5.74) is -0.639. The first-order valence-corrected chi connectivity index (χ1v) is 7.33. The van der Waals surface area contributed by atoms with Crippen LogP contribution in [0.25, 0.3) is 33.7 Å². The molecule has 0 saturated heterocycles. The quantitative estimate of drug-likeness (QED) is 0.492. The van der Waals surface area contributed by atoms with Gasteiger partial charge in [0.1, 0.15) is 11.5 Å². The van der Waals surface area contributed by atoms with Crippen molar-refractivity contribution in [3.8, 4) is 22.7 Å². The second kappa shape index (κ2) is 5.87. The molecule has 0 unspecified atom stereocenters. The van der Waals surface area contributed by atoms with Gasteiger partial charge in [0.25, 0.3) is 0 Å². The number of hydrogen-bond acceptors (Lipinski definition) is 5. The lowest BCUT2D eigenvalue weighted by Crippen LogP contribution is -2.12. The molecule has 0 radical (unpaired) electrons. The molecule has 0 amide bonds. The molecular weight excluding hydrogens is 352 g/mol. The molecule has 0 saturated carbocycles. The molecule has 2 aromatic heterocycles. The molecule has 0 aliphatic carbocycles. The molecule has 0 aliphatic rings. The van der Waals surface area contributed by atoms with Crippen molar-refractivity contribution < 1.29 is 22.0 Å². The normalized spacial score (nSPS) is 11.8. The predicted octanol–water partition coefficient (Wildman–Crippen LogP) is 4.50. The average molecular weight is 360 g/mol. The predicted molar refractivity (Wildman–Crippen MR) is 83.2 cm³/mol. The maximum atomic E-state index is 13.4. The highest BCUT2D eigenvalue weighted by Crippen LogP contribution is 2.36. The van der Waals surface area contributed by atoms with Gasteiger partial charge in [-0.05, 0) is 42.5 Å². The van der Waals surface area contributed by atoms with Gasteiger partial charge < -0.3 is 4.42 Å². The molecule has 2 aromatic carbocycles. The number of alkyl halides is 3. The number of nitrogens with zero attached hydrogens (tertiary/aromatic N) is 4. The van der Waals surface area contributed by atoms with Gasteiger partial charge in [0.05, 0.1) is 11.0 Å². The zero-order chi connectivity index (χ0) is 18.3. The summed E-state index contributed by atoms with van der Waals surface area (Å²) >= 11 is 0. The van der Waals surface area contributed by atoms with E-state index in [2.05, 4.69) is 20.2 Å². The smallest absolute Gasteiger partial charge is 0.423 e. The highest BCUT2D eigenvalue weighted by atomic mass is 19.4. The zero-order valence-corrected chi connectivity index (χ0v) is 12.8. The largest absolute Gasteiger partial charge is 0.435 e. The number of rotatable bonds is 2. The molecule has 0 bridgehead atoms. The van der Waals surface area contributed by atoms with Crippen molar-refractivity contribution in [2.45, 2.75) is 6.18 Å². The van der Waals surface area contributed by atoms with Crippen molar-refractivity contribution in [1.29, 1.82) is 0 Å². The molecular formula is C17H8F4N4O. The third-order valence-electron chi connectivity index (χ3n) is 3.66. The molecule has 0 fully saturated rings. The summed E-state index contributed by atoms with van der Waals surface area (Å²) in [6.07, 6.45) is -3.57. The molecule has 0 spiro atoms. The van der Waals surface area contributed by atoms with Crippen LogP contribution in [0.15, 0.2) is 53.3 Å². The standard InChI is InChI=1S/C17H8F4N4O/c18-11-4-1-9(2-5-11)14-15(17(19,20)21)24-12-6-3-10(7-13(12)23-14)16-25-22-8-26-16/h1-8H. The molecule has 130 valence electrons. The highest BCUT2D eigenvalue weighted by molar-refractivity contribution is 5.82. The summed E-state index contributed by atoms with van der Waals surface area (Å²) in [6.45, 7) is 0. The Balaban J connectivity index is 1.95. The van der Waals surface area contributed by atoms with Crippen LogP contribution in [0.4, 0.5) is 17.6 Å². The van der Waals surface area contributed by atoms with Crippen LogP contribution >= 0.6 is 0 Å². The van der Waals surface area contributed by atoms with Gasteiger partial charge in [0.15, 0.2) is 5.69 Å². The maximum Gasteiger partial charge on any atom is 0.435 e. The van der Waals surface area contributed by atoms with Crippen molar-refractivity contribution in [3.63, 3.8) is 0 Å². The van der Waals surface area contributed by atoms with Crippen molar-refractivity contribution in [1.82, 2.24) is 20.2 Å². The highest BCUT2D eigenvalue weighted by Gasteiger charge is 2.37. The zero-order valence-electron chi connectivity index (χ0n) is 12.8. The topological polar surface area (TPSA) is 64.7 Å². The van der Waals surface area contributed by atoms with E-state index >= 15 is 0 Å². The molecule has 2 heterocycles. The Labute approximate surface area is 143 Å². The molecule has 0 N–H and O–H groups in total. The van der Waals surface area contributed by atoms with Gasteiger partial charge in [0.2, 0.25) is 12.3 Å². The van der Waals surface area contributed by atoms with Gasteiger partial charge >= 0.3 is 6.18 Å². The summed E-state index contributed by atoms with van der Waals surface area (Å²) in [5.74, 6) is -0.355. The minimum absolute atomic E-state index is 0.0615. The van der Waals surface area contributed by atoms with Crippen LogP contribution in [-0.4, -0.2) is 20.2 Å². The summed E-state index contributed by atoms with van der Waals surface area (Å²) in [6, 6.07) is 8.99. The number of benzene rings is 2. The fraction of sp³-hybridized carbons (Fsp3) is 0.0588.